The molecule has 24 heavy (non-hydrogen) atoms. The summed E-state index contributed by atoms with van der Waals surface area (Å²) in [6.07, 6.45) is 2.81. The van der Waals surface area contributed by atoms with E-state index in [-0.39, 0.29) is 11.8 Å². The molecule has 5 heteroatoms. The van der Waals surface area contributed by atoms with Crippen molar-refractivity contribution in [1.82, 2.24) is 4.98 Å². The van der Waals surface area contributed by atoms with Gasteiger partial charge in [-0.1, -0.05) is 18.2 Å². The monoisotopic (exact) mass is 317 g/mol. The van der Waals surface area contributed by atoms with E-state index in [0.29, 0.717) is 24.1 Å². The van der Waals surface area contributed by atoms with Gasteiger partial charge in [0.1, 0.15) is 0 Å². The topological polar surface area (TPSA) is 71.1 Å². The molecule has 0 aliphatic carbocycles. The number of carbonyl (C=O) groups is 2. The molecule has 4 rings (SSSR count). The van der Waals surface area contributed by atoms with Crippen molar-refractivity contribution >= 4 is 34.1 Å². The Balaban J connectivity index is 1.63. The van der Waals surface area contributed by atoms with Gasteiger partial charge in [-0.25, -0.2) is 0 Å². The fourth-order valence-electron chi connectivity index (χ4n) is 2.92. The number of nitrogens with zero attached hydrogens (tertiary/aromatic N) is 1. The van der Waals surface area contributed by atoms with Crippen molar-refractivity contribution in [3.8, 4) is 0 Å². The van der Waals surface area contributed by atoms with Crippen LogP contribution < -0.4 is 10.6 Å². The molecule has 2 amide bonds. The van der Waals surface area contributed by atoms with Gasteiger partial charge in [0.15, 0.2) is 0 Å². The number of amides is 2. The quantitative estimate of drug-likeness (QED) is 0.761. The van der Waals surface area contributed by atoms with E-state index >= 15 is 0 Å². The molecule has 1 aliphatic rings. The number of fused-ring (bicyclic) bond motifs is 2. The lowest BCUT2D eigenvalue weighted by atomic mass is 10.00. The zero-order chi connectivity index (χ0) is 16.5. The molecule has 118 valence electrons. The number of benzene rings is 2. The van der Waals surface area contributed by atoms with Crippen LogP contribution in [0.25, 0.3) is 10.9 Å². The number of rotatable bonds is 2. The van der Waals surface area contributed by atoms with Crippen molar-refractivity contribution in [1.29, 1.82) is 0 Å². The van der Waals surface area contributed by atoms with Crippen LogP contribution in [0.15, 0.2) is 54.7 Å². The predicted molar refractivity (Wildman–Crippen MR) is 93.1 cm³/mol. The van der Waals surface area contributed by atoms with Crippen molar-refractivity contribution in [3.63, 3.8) is 0 Å². The zero-order valence-corrected chi connectivity index (χ0v) is 12.9. The normalized spacial score (nSPS) is 13.2. The zero-order valence-electron chi connectivity index (χ0n) is 12.9. The summed E-state index contributed by atoms with van der Waals surface area (Å²) in [4.78, 5) is 28.3. The van der Waals surface area contributed by atoms with Crippen LogP contribution >= 0.6 is 0 Å². The van der Waals surface area contributed by atoms with Gasteiger partial charge in [-0.3, -0.25) is 14.6 Å². The minimum absolute atomic E-state index is 0.0153. The van der Waals surface area contributed by atoms with E-state index in [0.717, 1.165) is 22.2 Å². The Morgan fingerprint density at radius 2 is 1.96 bits per heavy atom. The summed E-state index contributed by atoms with van der Waals surface area (Å²) >= 11 is 0. The first-order chi connectivity index (χ1) is 11.7. The summed E-state index contributed by atoms with van der Waals surface area (Å²) in [6.45, 7) is 0. The average Bonchev–Trinajstić information content (AvgIpc) is 2.61. The molecule has 0 spiro atoms. The molecule has 2 heterocycles. The molecule has 0 unspecified atom stereocenters. The van der Waals surface area contributed by atoms with Crippen molar-refractivity contribution in [3.05, 3.63) is 65.9 Å². The Morgan fingerprint density at radius 3 is 2.88 bits per heavy atom. The molecule has 1 aliphatic heterocycles. The predicted octanol–water partition coefficient (Wildman–Crippen LogP) is 3.37. The summed E-state index contributed by atoms with van der Waals surface area (Å²) in [7, 11) is 0. The van der Waals surface area contributed by atoms with E-state index in [2.05, 4.69) is 15.6 Å². The SMILES string of the molecule is O=C1CCc2cc(C(=O)Nc3cccc4cccnc34)ccc2N1. The lowest BCUT2D eigenvalue weighted by Crippen LogP contribution is -2.20. The highest BCUT2D eigenvalue weighted by atomic mass is 16.2. The Kier molecular flexibility index (Phi) is 3.46. The first-order valence-corrected chi connectivity index (χ1v) is 7.78. The Bertz CT molecular complexity index is 960. The van der Waals surface area contributed by atoms with E-state index in [1.807, 2.05) is 36.4 Å². The summed E-state index contributed by atoms with van der Waals surface area (Å²) in [5.41, 5.74) is 3.79. The molecule has 0 atom stereocenters. The number of nitrogens with one attached hydrogen (secondary N) is 2. The van der Waals surface area contributed by atoms with Gasteiger partial charge in [0.25, 0.3) is 5.91 Å². The van der Waals surface area contributed by atoms with Crippen LogP contribution in [0, 0.1) is 0 Å². The van der Waals surface area contributed by atoms with E-state index in [1.165, 1.54) is 0 Å². The van der Waals surface area contributed by atoms with E-state index < -0.39 is 0 Å². The second-order valence-corrected chi connectivity index (χ2v) is 5.75. The summed E-state index contributed by atoms with van der Waals surface area (Å²) in [5.74, 6) is -0.172. The lowest BCUT2D eigenvalue weighted by molar-refractivity contribution is -0.116. The van der Waals surface area contributed by atoms with Crippen molar-refractivity contribution in [2.24, 2.45) is 0 Å². The lowest BCUT2D eigenvalue weighted by Gasteiger charge is -2.17. The fraction of sp³-hybridized carbons (Fsp3) is 0.105. The molecule has 2 aromatic carbocycles. The van der Waals surface area contributed by atoms with Gasteiger partial charge in [-0.05, 0) is 42.3 Å². The van der Waals surface area contributed by atoms with Gasteiger partial charge in [0.05, 0.1) is 11.2 Å². The Labute approximate surface area is 138 Å². The maximum Gasteiger partial charge on any atom is 0.255 e. The second kappa shape index (κ2) is 5.77. The van der Waals surface area contributed by atoms with Crippen LogP contribution in [0.5, 0.6) is 0 Å². The van der Waals surface area contributed by atoms with Crippen molar-refractivity contribution in [2.75, 3.05) is 10.6 Å². The molecule has 1 aromatic heterocycles. The van der Waals surface area contributed by atoms with Crippen LogP contribution in [0.2, 0.25) is 0 Å². The third-order valence-electron chi connectivity index (χ3n) is 4.14. The maximum atomic E-state index is 12.6. The molecular weight excluding hydrogens is 302 g/mol. The van der Waals surface area contributed by atoms with Gasteiger partial charge in [0.2, 0.25) is 5.91 Å². The molecule has 0 radical (unpaired) electrons. The molecule has 0 fully saturated rings. The third-order valence-corrected chi connectivity index (χ3v) is 4.14. The number of hydrogen-bond donors (Lipinski definition) is 2. The number of para-hydroxylation sites is 1. The molecule has 0 saturated carbocycles. The van der Waals surface area contributed by atoms with Gasteiger partial charge in [-0.2, -0.15) is 0 Å². The summed E-state index contributed by atoms with van der Waals surface area (Å²) in [5, 5.41) is 6.72. The highest BCUT2D eigenvalue weighted by Crippen LogP contribution is 2.25. The minimum atomic E-state index is -0.187. The Morgan fingerprint density at radius 1 is 1.08 bits per heavy atom. The summed E-state index contributed by atoms with van der Waals surface area (Å²) < 4.78 is 0. The van der Waals surface area contributed by atoms with Gasteiger partial charge in [-0.15, -0.1) is 0 Å². The number of anilines is 2. The smallest absolute Gasteiger partial charge is 0.255 e. The molecule has 0 saturated heterocycles. The molecule has 2 N–H and O–H groups in total. The second-order valence-electron chi connectivity index (χ2n) is 5.75. The number of aryl methyl sites for hydroxylation is 1. The largest absolute Gasteiger partial charge is 0.326 e. The number of aromatic nitrogens is 1. The standard InChI is InChI=1S/C19H15N3O2/c23-17-9-7-13-11-14(6-8-15(13)21-17)19(24)22-16-5-1-3-12-4-2-10-20-18(12)16/h1-6,8,10-11H,7,9H2,(H,21,23)(H,22,24). The van der Waals surface area contributed by atoms with E-state index in [1.54, 1.807) is 18.3 Å². The Hall–Kier alpha value is -3.21. The molecule has 3 aromatic rings. The molecule has 5 nitrogen and oxygen atoms in total. The first-order valence-electron chi connectivity index (χ1n) is 7.78. The number of hydrogen-bond acceptors (Lipinski definition) is 3. The van der Waals surface area contributed by atoms with E-state index in [9.17, 15) is 9.59 Å². The van der Waals surface area contributed by atoms with Crippen molar-refractivity contribution < 1.29 is 9.59 Å². The first kappa shape index (κ1) is 14.4. The minimum Gasteiger partial charge on any atom is -0.326 e. The summed E-state index contributed by atoms with van der Waals surface area (Å²) in [6, 6.07) is 14.8. The van der Waals surface area contributed by atoms with Crippen LogP contribution in [-0.2, 0) is 11.2 Å². The average molecular weight is 317 g/mol. The van der Waals surface area contributed by atoms with Gasteiger partial charge in [0, 0.05) is 29.3 Å². The van der Waals surface area contributed by atoms with Gasteiger partial charge >= 0.3 is 0 Å². The maximum absolute atomic E-state index is 12.6. The molecule has 0 bridgehead atoms. The highest BCUT2D eigenvalue weighted by molar-refractivity contribution is 6.08. The number of pyridine rings is 1. The van der Waals surface area contributed by atoms with Gasteiger partial charge < -0.3 is 10.6 Å². The highest BCUT2D eigenvalue weighted by Gasteiger charge is 2.17. The van der Waals surface area contributed by atoms with Crippen LogP contribution in [0.4, 0.5) is 11.4 Å². The van der Waals surface area contributed by atoms with Crippen LogP contribution in [-0.4, -0.2) is 16.8 Å². The van der Waals surface area contributed by atoms with Crippen LogP contribution in [0.3, 0.4) is 0 Å². The molecular formula is C19H15N3O2. The fourth-order valence-corrected chi connectivity index (χ4v) is 2.92. The van der Waals surface area contributed by atoms with Crippen LogP contribution in [0.1, 0.15) is 22.3 Å². The van der Waals surface area contributed by atoms with E-state index in [4.69, 9.17) is 0 Å². The number of carbonyl (C=O) groups excluding carboxylic acids is 2. The van der Waals surface area contributed by atoms with Crippen molar-refractivity contribution in [2.45, 2.75) is 12.8 Å². The third kappa shape index (κ3) is 2.60.